The quantitative estimate of drug-likeness (QED) is 0.864. The zero-order valence-corrected chi connectivity index (χ0v) is 12.3. The topological polar surface area (TPSA) is 61.9 Å². The molecule has 0 unspecified atom stereocenters. The minimum absolute atomic E-state index is 0.0340. The zero-order valence-electron chi connectivity index (χ0n) is 12.3. The van der Waals surface area contributed by atoms with E-state index in [9.17, 15) is 14.0 Å². The Morgan fingerprint density at radius 1 is 1.45 bits per heavy atom. The highest BCUT2D eigenvalue weighted by Gasteiger charge is 2.40. The highest BCUT2D eigenvalue weighted by molar-refractivity contribution is 5.89. The van der Waals surface area contributed by atoms with Gasteiger partial charge in [-0.1, -0.05) is 6.07 Å². The number of nitrogens with one attached hydrogen (secondary N) is 1. The SMILES string of the molecule is CN1C(=O)OC[C@@H]2CCN(C(=O)Nc3cccc(F)c3)C[C@H]21. The number of halogens is 1. The molecule has 0 radical (unpaired) electrons. The molecule has 2 saturated heterocycles. The lowest BCUT2D eigenvalue weighted by atomic mass is 9.90. The normalized spacial score (nSPS) is 24.5. The Labute approximate surface area is 127 Å². The van der Waals surface area contributed by atoms with Crippen molar-refractivity contribution in [3.8, 4) is 0 Å². The number of urea groups is 1. The summed E-state index contributed by atoms with van der Waals surface area (Å²) in [5.41, 5.74) is 0.420. The first-order chi connectivity index (χ1) is 10.5. The van der Waals surface area contributed by atoms with E-state index in [1.165, 1.54) is 12.1 Å². The Kier molecular flexibility index (Phi) is 3.87. The maximum Gasteiger partial charge on any atom is 0.409 e. The van der Waals surface area contributed by atoms with Crippen molar-refractivity contribution in [3.63, 3.8) is 0 Å². The molecule has 0 saturated carbocycles. The van der Waals surface area contributed by atoms with Crippen LogP contribution in [0.3, 0.4) is 0 Å². The van der Waals surface area contributed by atoms with Crippen molar-refractivity contribution in [1.29, 1.82) is 0 Å². The predicted molar refractivity (Wildman–Crippen MR) is 78.0 cm³/mol. The summed E-state index contributed by atoms with van der Waals surface area (Å²) in [5, 5.41) is 2.69. The van der Waals surface area contributed by atoms with E-state index in [4.69, 9.17) is 4.74 Å². The molecule has 0 bridgehead atoms. The second kappa shape index (κ2) is 5.82. The first kappa shape index (κ1) is 14.6. The molecule has 3 amide bonds. The average Bonchev–Trinajstić information content (AvgIpc) is 2.51. The molecule has 7 heteroatoms. The molecule has 118 valence electrons. The van der Waals surface area contributed by atoms with Crippen molar-refractivity contribution in [1.82, 2.24) is 9.80 Å². The highest BCUT2D eigenvalue weighted by atomic mass is 19.1. The molecule has 2 aliphatic rings. The number of anilines is 1. The van der Waals surface area contributed by atoms with Crippen molar-refractivity contribution >= 4 is 17.8 Å². The van der Waals surface area contributed by atoms with Crippen LogP contribution in [-0.4, -0.2) is 54.7 Å². The van der Waals surface area contributed by atoms with Crippen LogP contribution in [0.5, 0.6) is 0 Å². The number of hydrogen-bond acceptors (Lipinski definition) is 3. The van der Waals surface area contributed by atoms with Crippen molar-refractivity contribution < 1.29 is 18.7 Å². The number of carbonyl (C=O) groups is 2. The number of rotatable bonds is 1. The smallest absolute Gasteiger partial charge is 0.409 e. The van der Waals surface area contributed by atoms with E-state index in [2.05, 4.69) is 5.32 Å². The molecule has 0 aromatic heterocycles. The Morgan fingerprint density at radius 3 is 3.05 bits per heavy atom. The van der Waals surface area contributed by atoms with E-state index in [-0.39, 0.29) is 24.1 Å². The minimum atomic E-state index is -0.397. The molecule has 2 atom stereocenters. The fourth-order valence-corrected chi connectivity index (χ4v) is 2.98. The number of ether oxygens (including phenoxy) is 1. The van der Waals surface area contributed by atoms with Crippen molar-refractivity contribution in [2.75, 3.05) is 32.1 Å². The minimum Gasteiger partial charge on any atom is -0.449 e. The lowest BCUT2D eigenvalue weighted by Crippen LogP contribution is -2.59. The summed E-state index contributed by atoms with van der Waals surface area (Å²) >= 11 is 0. The Balaban J connectivity index is 1.65. The lowest BCUT2D eigenvalue weighted by Gasteiger charge is -2.44. The molecule has 6 nitrogen and oxygen atoms in total. The number of fused-ring (bicyclic) bond motifs is 1. The van der Waals surface area contributed by atoms with Gasteiger partial charge in [-0.15, -0.1) is 0 Å². The van der Waals surface area contributed by atoms with E-state index in [1.54, 1.807) is 29.0 Å². The molecule has 2 aliphatic heterocycles. The van der Waals surface area contributed by atoms with Crippen molar-refractivity contribution in [2.45, 2.75) is 12.5 Å². The summed E-state index contributed by atoms with van der Waals surface area (Å²) in [6.45, 7) is 1.46. The van der Waals surface area contributed by atoms with E-state index < -0.39 is 5.82 Å². The van der Waals surface area contributed by atoms with Crippen LogP contribution in [0.25, 0.3) is 0 Å². The fraction of sp³-hybridized carbons (Fsp3) is 0.467. The van der Waals surface area contributed by atoms with Crippen LogP contribution in [0.1, 0.15) is 6.42 Å². The standard InChI is InChI=1S/C15H18FN3O3/c1-18-13-8-19(6-5-10(13)9-22-15(18)21)14(20)17-12-4-2-3-11(16)7-12/h2-4,7,10,13H,5-6,8-9H2,1H3,(H,17,20)/t10-,13+/m0/s1. The Hall–Kier alpha value is -2.31. The molecule has 2 fully saturated rings. The van der Waals surface area contributed by atoms with Crippen molar-refractivity contribution in [2.24, 2.45) is 5.92 Å². The monoisotopic (exact) mass is 307 g/mol. The maximum absolute atomic E-state index is 13.2. The summed E-state index contributed by atoms with van der Waals surface area (Å²) in [6, 6.07) is 5.46. The predicted octanol–water partition coefficient (Wildman–Crippen LogP) is 2.13. The molecule has 3 rings (SSSR count). The molecular weight excluding hydrogens is 289 g/mol. The van der Waals surface area contributed by atoms with Crippen LogP contribution < -0.4 is 5.32 Å². The molecule has 0 aliphatic carbocycles. The van der Waals surface area contributed by atoms with Crippen LogP contribution in [0, 0.1) is 11.7 Å². The second-order valence-electron chi connectivity index (χ2n) is 5.69. The summed E-state index contributed by atoms with van der Waals surface area (Å²) in [5.74, 6) is -0.146. The number of nitrogens with zero attached hydrogens (tertiary/aromatic N) is 2. The maximum atomic E-state index is 13.2. The van der Waals surface area contributed by atoms with Crippen LogP contribution in [0.15, 0.2) is 24.3 Å². The van der Waals surface area contributed by atoms with Crippen LogP contribution >= 0.6 is 0 Å². The van der Waals surface area contributed by atoms with Crippen molar-refractivity contribution in [3.05, 3.63) is 30.1 Å². The van der Waals surface area contributed by atoms with Gasteiger partial charge in [0.15, 0.2) is 0 Å². The Morgan fingerprint density at radius 2 is 2.27 bits per heavy atom. The van der Waals surface area contributed by atoms with Gasteiger partial charge in [-0.05, 0) is 24.6 Å². The molecule has 22 heavy (non-hydrogen) atoms. The van der Waals surface area contributed by atoms with Crippen LogP contribution in [0.2, 0.25) is 0 Å². The summed E-state index contributed by atoms with van der Waals surface area (Å²) < 4.78 is 18.2. The third kappa shape index (κ3) is 2.84. The Bertz CT molecular complexity index is 595. The summed E-state index contributed by atoms with van der Waals surface area (Å²) in [4.78, 5) is 27.1. The van der Waals surface area contributed by atoms with E-state index >= 15 is 0 Å². The number of cyclic esters (lactones) is 1. The van der Waals surface area contributed by atoms with Gasteiger partial charge in [0.1, 0.15) is 5.82 Å². The molecule has 1 aromatic carbocycles. The fourth-order valence-electron chi connectivity index (χ4n) is 2.98. The number of piperidine rings is 1. The lowest BCUT2D eigenvalue weighted by molar-refractivity contribution is -0.00968. The third-order valence-corrected chi connectivity index (χ3v) is 4.29. The third-order valence-electron chi connectivity index (χ3n) is 4.29. The average molecular weight is 307 g/mol. The van der Waals surface area contributed by atoms with Gasteiger partial charge < -0.3 is 19.9 Å². The van der Waals surface area contributed by atoms with Gasteiger partial charge in [0.2, 0.25) is 0 Å². The van der Waals surface area contributed by atoms with Crippen LogP contribution in [-0.2, 0) is 4.74 Å². The number of benzene rings is 1. The molecule has 0 spiro atoms. The first-order valence-electron chi connectivity index (χ1n) is 7.25. The second-order valence-corrected chi connectivity index (χ2v) is 5.69. The number of amides is 3. The van der Waals surface area contributed by atoms with E-state index in [1.807, 2.05) is 0 Å². The summed E-state index contributed by atoms with van der Waals surface area (Å²) in [6.07, 6.45) is 0.424. The molecule has 1 aromatic rings. The van der Waals surface area contributed by atoms with Gasteiger partial charge in [-0.25, -0.2) is 14.0 Å². The summed E-state index contributed by atoms with van der Waals surface area (Å²) in [7, 11) is 1.69. The van der Waals surface area contributed by atoms with Gasteiger partial charge in [-0.2, -0.15) is 0 Å². The van der Waals surface area contributed by atoms with Crippen LogP contribution in [0.4, 0.5) is 19.7 Å². The molecular formula is C15H18FN3O3. The largest absolute Gasteiger partial charge is 0.449 e. The molecule has 2 heterocycles. The van der Waals surface area contributed by atoms with Gasteiger partial charge in [-0.3, -0.25) is 0 Å². The number of likely N-dealkylation sites (tertiary alicyclic amines) is 1. The number of hydrogen-bond donors (Lipinski definition) is 1. The number of likely N-dealkylation sites (N-methyl/N-ethyl adjacent to an activating group) is 1. The van der Waals surface area contributed by atoms with Gasteiger partial charge in [0.05, 0.1) is 12.6 Å². The number of carbonyl (C=O) groups excluding carboxylic acids is 2. The van der Waals surface area contributed by atoms with E-state index in [0.717, 1.165) is 6.42 Å². The van der Waals surface area contributed by atoms with E-state index in [0.29, 0.717) is 25.4 Å². The van der Waals surface area contributed by atoms with Gasteiger partial charge in [0, 0.05) is 31.7 Å². The highest BCUT2D eigenvalue weighted by Crippen LogP contribution is 2.26. The molecule has 1 N–H and O–H groups in total. The van der Waals surface area contributed by atoms with Gasteiger partial charge in [0.25, 0.3) is 0 Å². The van der Waals surface area contributed by atoms with Gasteiger partial charge >= 0.3 is 12.1 Å². The first-order valence-corrected chi connectivity index (χ1v) is 7.25. The zero-order chi connectivity index (χ0) is 15.7.